The van der Waals surface area contributed by atoms with Gasteiger partial charge in [-0.2, -0.15) is 0 Å². The summed E-state index contributed by atoms with van der Waals surface area (Å²) in [5, 5.41) is 0.482. The minimum Gasteiger partial charge on any atom is -0.298 e. The van der Waals surface area contributed by atoms with Gasteiger partial charge in [0.25, 0.3) is 0 Å². The Labute approximate surface area is 106 Å². The largest absolute Gasteiger partial charge is 0.298 e. The summed E-state index contributed by atoms with van der Waals surface area (Å²) >= 11 is 11.7. The molecule has 0 radical (unpaired) electrons. The van der Waals surface area contributed by atoms with Crippen molar-refractivity contribution in [2.45, 2.75) is 19.9 Å². The van der Waals surface area contributed by atoms with Gasteiger partial charge in [0.15, 0.2) is 0 Å². The summed E-state index contributed by atoms with van der Waals surface area (Å²) in [4.78, 5) is 2.21. The highest BCUT2D eigenvalue weighted by molar-refractivity contribution is 6.31. The van der Waals surface area contributed by atoms with Crippen molar-refractivity contribution in [2.24, 2.45) is 0 Å². The van der Waals surface area contributed by atoms with Crippen LogP contribution in [0.5, 0.6) is 0 Å². The van der Waals surface area contributed by atoms with E-state index in [1.807, 2.05) is 0 Å². The van der Waals surface area contributed by atoms with Crippen LogP contribution in [0.4, 0.5) is 4.39 Å². The number of rotatable bonds is 6. The van der Waals surface area contributed by atoms with Crippen LogP contribution in [0.15, 0.2) is 18.2 Å². The van der Waals surface area contributed by atoms with Crippen LogP contribution < -0.4 is 0 Å². The van der Waals surface area contributed by atoms with Crippen molar-refractivity contribution in [3.8, 4) is 0 Å². The molecule has 0 atom stereocenters. The van der Waals surface area contributed by atoms with Gasteiger partial charge in [-0.1, -0.05) is 24.6 Å². The molecule has 0 aliphatic carbocycles. The van der Waals surface area contributed by atoms with Gasteiger partial charge in [-0.3, -0.25) is 4.90 Å². The lowest BCUT2D eigenvalue weighted by molar-refractivity contribution is 0.282. The van der Waals surface area contributed by atoms with Crippen molar-refractivity contribution in [3.05, 3.63) is 34.6 Å². The molecule has 0 amide bonds. The van der Waals surface area contributed by atoms with Crippen LogP contribution in [0.1, 0.15) is 18.9 Å². The summed E-state index contributed by atoms with van der Waals surface area (Å²) in [6.07, 6.45) is 1.07. The number of hydrogen-bond donors (Lipinski definition) is 0. The van der Waals surface area contributed by atoms with Crippen molar-refractivity contribution in [3.63, 3.8) is 0 Å². The summed E-state index contributed by atoms with van der Waals surface area (Å²) in [5.41, 5.74) is 0.946. The standard InChI is InChI=1S/C12H16Cl2FN/c1-2-6-16(7-5-13)9-10-3-4-11(15)8-12(10)14/h3-4,8H,2,5-7,9H2,1H3. The molecule has 0 aliphatic rings. The second-order valence-electron chi connectivity index (χ2n) is 3.70. The first kappa shape index (κ1) is 13.8. The Balaban J connectivity index is 2.68. The Morgan fingerprint density at radius 3 is 2.62 bits per heavy atom. The van der Waals surface area contributed by atoms with E-state index < -0.39 is 0 Å². The molecule has 1 rings (SSSR count). The smallest absolute Gasteiger partial charge is 0.124 e. The lowest BCUT2D eigenvalue weighted by atomic mass is 10.2. The van der Waals surface area contributed by atoms with E-state index in [2.05, 4.69) is 11.8 Å². The maximum atomic E-state index is 12.9. The van der Waals surface area contributed by atoms with Crippen LogP contribution in [-0.4, -0.2) is 23.9 Å². The molecule has 16 heavy (non-hydrogen) atoms. The molecule has 4 heteroatoms. The molecule has 0 saturated carbocycles. The van der Waals surface area contributed by atoms with Gasteiger partial charge < -0.3 is 0 Å². The monoisotopic (exact) mass is 263 g/mol. The van der Waals surface area contributed by atoms with Crippen LogP contribution in [0, 0.1) is 5.82 Å². The van der Waals surface area contributed by atoms with E-state index in [0.29, 0.717) is 10.9 Å². The highest BCUT2D eigenvalue weighted by Crippen LogP contribution is 2.19. The number of benzene rings is 1. The number of nitrogens with zero attached hydrogens (tertiary/aromatic N) is 1. The molecule has 0 heterocycles. The van der Waals surface area contributed by atoms with E-state index in [4.69, 9.17) is 23.2 Å². The lowest BCUT2D eigenvalue weighted by Gasteiger charge is -2.21. The molecular weight excluding hydrogens is 248 g/mol. The highest BCUT2D eigenvalue weighted by Gasteiger charge is 2.08. The number of halogens is 3. The average Bonchev–Trinajstić information content (AvgIpc) is 2.23. The summed E-state index contributed by atoms with van der Waals surface area (Å²) in [5.74, 6) is 0.298. The Morgan fingerprint density at radius 2 is 2.06 bits per heavy atom. The third kappa shape index (κ3) is 4.28. The Bertz CT molecular complexity index is 325. The van der Waals surface area contributed by atoms with Gasteiger partial charge in [0.1, 0.15) is 5.82 Å². The summed E-state index contributed by atoms with van der Waals surface area (Å²) in [6.45, 7) is 4.64. The van der Waals surface area contributed by atoms with Gasteiger partial charge in [-0.25, -0.2) is 4.39 Å². The molecule has 0 saturated heterocycles. The van der Waals surface area contributed by atoms with Crippen LogP contribution in [0.2, 0.25) is 5.02 Å². The van der Waals surface area contributed by atoms with Gasteiger partial charge in [-0.15, -0.1) is 11.6 Å². The molecule has 90 valence electrons. The van der Waals surface area contributed by atoms with Crippen molar-refractivity contribution >= 4 is 23.2 Å². The van der Waals surface area contributed by atoms with E-state index in [1.165, 1.54) is 12.1 Å². The minimum atomic E-state index is -0.298. The molecule has 0 N–H and O–H groups in total. The SMILES string of the molecule is CCCN(CCCl)Cc1ccc(F)cc1Cl. The second kappa shape index (κ2) is 7.10. The van der Waals surface area contributed by atoms with E-state index in [9.17, 15) is 4.39 Å². The zero-order valence-electron chi connectivity index (χ0n) is 9.35. The van der Waals surface area contributed by atoms with E-state index in [0.717, 1.165) is 31.6 Å². The van der Waals surface area contributed by atoms with Crippen molar-refractivity contribution < 1.29 is 4.39 Å². The lowest BCUT2D eigenvalue weighted by Crippen LogP contribution is -2.26. The van der Waals surface area contributed by atoms with Crippen LogP contribution in [-0.2, 0) is 6.54 Å². The number of hydrogen-bond acceptors (Lipinski definition) is 1. The topological polar surface area (TPSA) is 3.24 Å². The molecule has 1 nitrogen and oxygen atoms in total. The minimum absolute atomic E-state index is 0.298. The fourth-order valence-corrected chi connectivity index (χ4v) is 2.06. The zero-order chi connectivity index (χ0) is 12.0. The fraction of sp³-hybridized carbons (Fsp3) is 0.500. The van der Waals surface area contributed by atoms with E-state index in [1.54, 1.807) is 6.07 Å². The number of alkyl halides is 1. The first-order chi connectivity index (χ1) is 7.67. The Hall–Kier alpha value is -0.310. The van der Waals surface area contributed by atoms with Gasteiger partial charge >= 0.3 is 0 Å². The molecule has 0 fully saturated rings. The molecule has 0 unspecified atom stereocenters. The third-order valence-electron chi connectivity index (χ3n) is 2.35. The van der Waals surface area contributed by atoms with Crippen molar-refractivity contribution in [1.29, 1.82) is 0 Å². The van der Waals surface area contributed by atoms with Crippen LogP contribution in [0.25, 0.3) is 0 Å². The first-order valence-corrected chi connectivity index (χ1v) is 6.31. The molecule has 0 aliphatic heterocycles. The molecule has 0 spiro atoms. The average molecular weight is 264 g/mol. The molecule has 0 bridgehead atoms. The highest BCUT2D eigenvalue weighted by atomic mass is 35.5. The van der Waals surface area contributed by atoms with Gasteiger partial charge in [0.2, 0.25) is 0 Å². The summed E-state index contributed by atoms with van der Waals surface area (Å²) in [7, 11) is 0. The van der Waals surface area contributed by atoms with Crippen LogP contribution >= 0.6 is 23.2 Å². The molecular formula is C12H16Cl2FN. The van der Waals surface area contributed by atoms with Gasteiger partial charge in [-0.05, 0) is 30.7 Å². The van der Waals surface area contributed by atoms with Crippen LogP contribution in [0.3, 0.4) is 0 Å². The zero-order valence-corrected chi connectivity index (χ0v) is 10.9. The normalized spacial score (nSPS) is 11.1. The summed E-state index contributed by atoms with van der Waals surface area (Å²) < 4.78 is 12.9. The van der Waals surface area contributed by atoms with Gasteiger partial charge in [0, 0.05) is 24.0 Å². The maximum absolute atomic E-state index is 12.9. The summed E-state index contributed by atoms with van der Waals surface area (Å²) in [6, 6.07) is 4.52. The Morgan fingerprint density at radius 1 is 1.31 bits per heavy atom. The molecule has 1 aromatic carbocycles. The Kier molecular flexibility index (Phi) is 6.10. The quantitative estimate of drug-likeness (QED) is 0.704. The second-order valence-corrected chi connectivity index (χ2v) is 4.49. The molecule has 0 aromatic heterocycles. The first-order valence-electron chi connectivity index (χ1n) is 5.39. The van der Waals surface area contributed by atoms with Crippen molar-refractivity contribution in [1.82, 2.24) is 4.90 Å². The van der Waals surface area contributed by atoms with E-state index in [-0.39, 0.29) is 5.82 Å². The predicted molar refractivity (Wildman–Crippen MR) is 67.7 cm³/mol. The van der Waals surface area contributed by atoms with E-state index >= 15 is 0 Å². The predicted octanol–water partition coefficient (Wildman–Crippen LogP) is 3.93. The van der Waals surface area contributed by atoms with Crippen molar-refractivity contribution in [2.75, 3.05) is 19.0 Å². The molecule has 1 aromatic rings. The third-order valence-corrected chi connectivity index (χ3v) is 2.87. The fourth-order valence-electron chi connectivity index (χ4n) is 1.60. The maximum Gasteiger partial charge on any atom is 0.124 e. The van der Waals surface area contributed by atoms with Gasteiger partial charge in [0.05, 0.1) is 0 Å².